The summed E-state index contributed by atoms with van der Waals surface area (Å²) in [4.78, 5) is 12.6. The second-order valence-electron chi connectivity index (χ2n) is 8.96. The Labute approximate surface area is 209 Å². The maximum absolute atomic E-state index is 14.9. The molecule has 0 saturated heterocycles. The van der Waals surface area contributed by atoms with E-state index in [-0.39, 0.29) is 11.5 Å². The predicted molar refractivity (Wildman–Crippen MR) is 134 cm³/mol. The summed E-state index contributed by atoms with van der Waals surface area (Å²) < 4.78 is 54.6. The van der Waals surface area contributed by atoms with Crippen molar-refractivity contribution in [3.8, 4) is 22.6 Å². The van der Waals surface area contributed by atoms with Gasteiger partial charge in [-0.05, 0) is 92.8 Å². The van der Waals surface area contributed by atoms with Gasteiger partial charge >= 0.3 is 5.97 Å². The summed E-state index contributed by atoms with van der Waals surface area (Å²) in [5.41, 5.74) is 1.36. The lowest BCUT2D eigenvalue weighted by atomic mass is 9.78. The van der Waals surface area contributed by atoms with E-state index >= 15 is 0 Å². The molecule has 1 fully saturated rings. The van der Waals surface area contributed by atoms with Crippen molar-refractivity contribution in [2.24, 2.45) is 5.92 Å². The third kappa shape index (κ3) is 5.64. The highest BCUT2D eigenvalue weighted by molar-refractivity contribution is 5.91. The Morgan fingerprint density at radius 2 is 1.67 bits per heavy atom. The minimum atomic E-state index is -1.16. The molecule has 3 nitrogen and oxygen atoms in total. The van der Waals surface area contributed by atoms with Crippen molar-refractivity contribution in [3.63, 3.8) is 0 Å². The molecule has 4 rings (SSSR count). The van der Waals surface area contributed by atoms with Crippen LogP contribution in [-0.4, -0.2) is 12.6 Å². The highest BCUT2D eigenvalue weighted by Gasteiger charge is 2.26. The van der Waals surface area contributed by atoms with Crippen LogP contribution in [-0.2, 0) is 0 Å². The molecular weight excluding hydrogens is 465 g/mol. The van der Waals surface area contributed by atoms with Gasteiger partial charge in [0.15, 0.2) is 11.6 Å². The highest BCUT2D eigenvalue weighted by Crippen LogP contribution is 2.39. The van der Waals surface area contributed by atoms with Gasteiger partial charge in [0.2, 0.25) is 5.82 Å². The number of hydrogen-bond acceptors (Lipinski definition) is 3. The van der Waals surface area contributed by atoms with Crippen molar-refractivity contribution >= 4 is 5.97 Å². The molecule has 0 spiro atoms. The van der Waals surface area contributed by atoms with Crippen LogP contribution in [0.3, 0.4) is 0 Å². The molecule has 0 atom stereocenters. The van der Waals surface area contributed by atoms with Crippen LogP contribution >= 0.6 is 0 Å². The fourth-order valence-corrected chi connectivity index (χ4v) is 4.77. The smallest absolute Gasteiger partial charge is 0.343 e. The van der Waals surface area contributed by atoms with Crippen molar-refractivity contribution in [1.29, 1.82) is 0 Å². The first kappa shape index (κ1) is 25.5. The van der Waals surface area contributed by atoms with E-state index < -0.39 is 29.2 Å². The first-order valence-electron chi connectivity index (χ1n) is 12.3. The van der Waals surface area contributed by atoms with Crippen LogP contribution in [0.4, 0.5) is 13.2 Å². The van der Waals surface area contributed by atoms with Gasteiger partial charge < -0.3 is 9.47 Å². The molecule has 0 aliphatic heterocycles. The number of esters is 1. The van der Waals surface area contributed by atoms with Crippen molar-refractivity contribution in [3.05, 3.63) is 95.3 Å². The quantitative estimate of drug-likeness (QED) is 0.188. The normalized spacial score (nSPS) is 17.8. The third-order valence-corrected chi connectivity index (χ3v) is 6.64. The zero-order valence-corrected chi connectivity index (χ0v) is 20.4. The van der Waals surface area contributed by atoms with Gasteiger partial charge in [-0.2, -0.15) is 4.39 Å². The van der Waals surface area contributed by atoms with Gasteiger partial charge in [0.05, 0.1) is 12.2 Å². The first-order valence-corrected chi connectivity index (χ1v) is 12.3. The van der Waals surface area contributed by atoms with E-state index in [1.54, 1.807) is 24.3 Å². The lowest BCUT2D eigenvalue weighted by Gasteiger charge is -2.27. The number of benzene rings is 3. The number of carbonyl (C=O) groups is 1. The second-order valence-corrected chi connectivity index (χ2v) is 8.96. The van der Waals surface area contributed by atoms with E-state index in [4.69, 9.17) is 9.47 Å². The first-order chi connectivity index (χ1) is 17.4. The molecule has 0 unspecified atom stereocenters. The molecule has 188 valence electrons. The summed E-state index contributed by atoms with van der Waals surface area (Å²) in [5, 5.41) is 0. The Morgan fingerprint density at radius 1 is 0.944 bits per heavy atom. The molecule has 0 heterocycles. The largest absolute Gasteiger partial charge is 0.494 e. The fraction of sp³-hybridized carbons (Fsp3) is 0.300. The Hall–Kier alpha value is -3.54. The minimum Gasteiger partial charge on any atom is -0.494 e. The molecule has 0 radical (unpaired) electrons. The lowest BCUT2D eigenvalue weighted by Crippen LogP contribution is -2.15. The average molecular weight is 495 g/mol. The van der Waals surface area contributed by atoms with E-state index in [0.29, 0.717) is 35.0 Å². The second kappa shape index (κ2) is 11.5. The van der Waals surface area contributed by atoms with Gasteiger partial charge in [-0.3, -0.25) is 0 Å². The summed E-state index contributed by atoms with van der Waals surface area (Å²) in [6.07, 6.45) is 7.63. The topological polar surface area (TPSA) is 35.5 Å². The fourth-order valence-electron chi connectivity index (χ4n) is 4.77. The third-order valence-electron chi connectivity index (χ3n) is 6.64. The van der Waals surface area contributed by atoms with Crippen molar-refractivity contribution in [1.82, 2.24) is 0 Å². The molecule has 1 aliphatic carbocycles. The molecule has 0 N–H and O–H groups in total. The van der Waals surface area contributed by atoms with Crippen LogP contribution in [0.1, 0.15) is 61.4 Å². The Kier molecular flexibility index (Phi) is 8.14. The van der Waals surface area contributed by atoms with E-state index in [0.717, 1.165) is 25.7 Å². The van der Waals surface area contributed by atoms with Crippen molar-refractivity contribution < 1.29 is 27.4 Å². The molecule has 1 aliphatic rings. The number of carbonyl (C=O) groups excluding carboxylic acids is 1. The summed E-state index contributed by atoms with van der Waals surface area (Å²) >= 11 is 0. The maximum atomic E-state index is 14.9. The number of halogens is 3. The molecule has 0 amide bonds. The summed E-state index contributed by atoms with van der Waals surface area (Å²) in [6, 6.07) is 13.4. The van der Waals surface area contributed by atoms with E-state index in [2.05, 4.69) is 6.08 Å². The van der Waals surface area contributed by atoms with Gasteiger partial charge in [-0.15, -0.1) is 0 Å². The number of ether oxygens (including phenoxy) is 2. The number of hydrogen-bond donors (Lipinski definition) is 0. The lowest BCUT2D eigenvalue weighted by molar-refractivity contribution is 0.0726. The van der Waals surface area contributed by atoms with Gasteiger partial charge in [0, 0.05) is 11.6 Å². The van der Waals surface area contributed by atoms with Crippen LogP contribution < -0.4 is 9.47 Å². The maximum Gasteiger partial charge on any atom is 0.343 e. The highest BCUT2D eigenvalue weighted by atomic mass is 19.2. The molecule has 36 heavy (non-hydrogen) atoms. The van der Waals surface area contributed by atoms with Crippen LogP contribution in [0, 0.1) is 23.4 Å². The molecule has 6 heteroatoms. The van der Waals surface area contributed by atoms with Gasteiger partial charge in [-0.25, -0.2) is 13.6 Å². The van der Waals surface area contributed by atoms with Crippen LogP contribution in [0.2, 0.25) is 0 Å². The molecule has 0 aromatic heterocycles. The van der Waals surface area contributed by atoms with Gasteiger partial charge in [0.1, 0.15) is 11.6 Å². The summed E-state index contributed by atoms with van der Waals surface area (Å²) in [6.45, 7) is 4.23. The Balaban J connectivity index is 1.45. The Morgan fingerprint density at radius 3 is 2.31 bits per heavy atom. The Bertz CT molecular complexity index is 1240. The molecule has 1 saturated carbocycles. The van der Waals surface area contributed by atoms with Gasteiger partial charge in [-0.1, -0.05) is 30.4 Å². The summed E-state index contributed by atoms with van der Waals surface area (Å²) in [7, 11) is 0. The SMILES string of the molecule is CC=CC1CCC(c2ccc(OC(=O)c3ccc(-c4ccc(OCC)cc4F)cc3)c(F)c2F)CC1. The molecular formula is C30H29F3O3. The number of rotatable bonds is 7. The predicted octanol–water partition coefficient (Wildman–Crippen LogP) is 8.24. The molecule has 3 aromatic carbocycles. The average Bonchev–Trinajstić information content (AvgIpc) is 2.88. The monoisotopic (exact) mass is 494 g/mol. The zero-order valence-electron chi connectivity index (χ0n) is 20.4. The molecule has 0 bridgehead atoms. The summed E-state index contributed by atoms with van der Waals surface area (Å²) in [5.74, 6) is -3.00. The van der Waals surface area contributed by atoms with Crippen molar-refractivity contribution in [2.75, 3.05) is 6.61 Å². The molecule has 3 aromatic rings. The van der Waals surface area contributed by atoms with E-state index in [1.165, 1.54) is 30.3 Å². The minimum absolute atomic E-state index is 0.0544. The number of allylic oxidation sites excluding steroid dienone is 2. The van der Waals surface area contributed by atoms with Crippen LogP contribution in [0.25, 0.3) is 11.1 Å². The standard InChI is InChI=1S/C30H29F3O3/c1-3-5-19-6-8-21(9-7-19)25-16-17-27(29(33)28(25)32)36-30(34)22-12-10-20(11-13-22)24-15-14-23(35-4-2)18-26(24)31/h3,5,10-19,21H,4,6-9H2,1-2H3. The van der Waals surface area contributed by atoms with Crippen LogP contribution in [0.5, 0.6) is 11.5 Å². The van der Waals surface area contributed by atoms with Gasteiger partial charge in [0.25, 0.3) is 0 Å². The van der Waals surface area contributed by atoms with Crippen LogP contribution in [0.15, 0.2) is 66.7 Å². The zero-order chi connectivity index (χ0) is 25.7. The van der Waals surface area contributed by atoms with E-state index in [9.17, 15) is 18.0 Å². The van der Waals surface area contributed by atoms with E-state index in [1.807, 2.05) is 19.9 Å². The van der Waals surface area contributed by atoms with Crippen molar-refractivity contribution in [2.45, 2.75) is 45.4 Å².